The minimum absolute atomic E-state index is 0.213. The third kappa shape index (κ3) is 5.43. The molecule has 0 unspecified atom stereocenters. The smallest absolute Gasteiger partial charge is 0.176 e. The number of aromatic nitrogens is 4. The van der Waals surface area contributed by atoms with E-state index in [1.165, 1.54) is 6.07 Å². The third-order valence-corrected chi connectivity index (χ3v) is 5.19. The van der Waals surface area contributed by atoms with E-state index in [1.54, 1.807) is 47.1 Å². The molecule has 0 bridgehead atoms. The van der Waals surface area contributed by atoms with E-state index in [2.05, 4.69) is 20.8 Å². The van der Waals surface area contributed by atoms with Gasteiger partial charge in [-0.2, -0.15) is 10.2 Å². The summed E-state index contributed by atoms with van der Waals surface area (Å²) in [7, 11) is 1.64. The van der Waals surface area contributed by atoms with Gasteiger partial charge < -0.3 is 15.4 Å². The summed E-state index contributed by atoms with van der Waals surface area (Å²) in [5, 5.41) is 15.5. The SMILES string of the molecule is COc1cccc(Cn2cc(NC(=S)Nc3ccn(Cc4c(F)cccc4Cl)n3)cn2)c1. The Hall–Kier alpha value is -3.43. The standard InChI is InChI=1S/C22H20ClFN6OS/c1-31-17-5-2-4-15(10-17)12-30-13-16(11-25-30)26-22(32)27-21-8-9-29(28-21)14-18-19(23)6-3-7-20(18)24/h2-11,13H,12,14H2,1H3,(H2,26,27,28,32). The molecule has 4 aromatic rings. The number of halogens is 2. The first-order valence-electron chi connectivity index (χ1n) is 9.70. The van der Waals surface area contributed by atoms with Gasteiger partial charge in [-0.3, -0.25) is 9.36 Å². The van der Waals surface area contributed by atoms with Crippen LogP contribution in [0.1, 0.15) is 11.1 Å². The molecule has 0 amide bonds. The highest BCUT2D eigenvalue weighted by molar-refractivity contribution is 7.80. The van der Waals surface area contributed by atoms with E-state index in [-0.39, 0.29) is 12.4 Å². The Morgan fingerprint density at radius 2 is 1.97 bits per heavy atom. The van der Waals surface area contributed by atoms with Crippen LogP contribution in [0.3, 0.4) is 0 Å². The number of ether oxygens (including phenoxy) is 1. The number of rotatable bonds is 7. The van der Waals surface area contributed by atoms with Crippen molar-refractivity contribution < 1.29 is 9.13 Å². The molecule has 0 fully saturated rings. The van der Waals surface area contributed by atoms with Crippen molar-refractivity contribution in [3.8, 4) is 5.75 Å². The lowest BCUT2D eigenvalue weighted by Gasteiger charge is -2.07. The summed E-state index contributed by atoms with van der Waals surface area (Å²) >= 11 is 11.5. The zero-order valence-electron chi connectivity index (χ0n) is 17.1. The maximum atomic E-state index is 14.0. The maximum absolute atomic E-state index is 14.0. The molecule has 2 heterocycles. The molecule has 0 atom stereocenters. The molecule has 164 valence electrons. The highest BCUT2D eigenvalue weighted by Gasteiger charge is 2.10. The van der Waals surface area contributed by atoms with Gasteiger partial charge in [0.15, 0.2) is 10.9 Å². The molecule has 0 radical (unpaired) electrons. The Bertz CT molecular complexity index is 1220. The molecule has 2 aromatic heterocycles. The molecule has 0 saturated heterocycles. The number of hydrogen-bond acceptors (Lipinski definition) is 4. The largest absolute Gasteiger partial charge is 0.497 e. The lowest BCUT2D eigenvalue weighted by atomic mass is 10.2. The second kappa shape index (κ2) is 9.80. The van der Waals surface area contributed by atoms with Crippen LogP contribution >= 0.6 is 23.8 Å². The molecule has 0 aliphatic heterocycles. The number of nitrogens with zero attached hydrogens (tertiary/aromatic N) is 4. The van der Waals surface area contributed by atoms with E-state index in [9.17, 15) is 4.39 Å². The number of methoxy groups -OCH3 is 1. The predicted octanol–water partition coefficient (Wildman–Crippen LogP) is 4.79. The highest BCUT2D eigenvalue weighted by Crippen LogP contribution is 2.20. The summed E-state index contributed by atoms with van der Waals surface area (Å²) < 4.78 is 22.6. The van der Waals surface area contributed by atoms with Crippen molar-refractivity contribution >= 4 is 40.4 Å². The molecule has 2 N–H and O–H groups in total. The van der Waals surface area contributed by atoms with Gasteiger partial charge in [0.05, 0.1) is 32.1 Å². The molecule has 10 heteroatoms. The summed E-state index contributed by atoms with van der Waals surface area (Å²) in [5.74, 6) is 0.958. The van der Waals surface area contributed by atoms with Crippen LogP contribution in [-0.4, -0.2) is 31.8 Å². The van der Waals surface area contributed by atoms with Crippen LogP contribution in [0.4, 0.5) is 15.9 Å². The van der Waals surface area contributed by atoms with E-state index in [4.69, 9.17) is 28.6 Å². The van der Waals surface area contributed by atoms with Gasteiger partial charge >= 0.3 is 0 Å². The Kier molecular flexibility index (Phi) is 6.67. The van der Waals surface area contributed by atoms with Gasteiger partial charge in [-0.15, -0.1) is 0 Å². The van der Waals surface area contributed by atoms with Gasteiger partial charge in [-0.1, -0.05) is 29.8 Å². The molecule has 4 rings (SSSR count). The zero-order chi connectivity index (χ0) is 22.5. The Morgan fingerprint density at radius 3 is 2.78 bits per heavy atom. The number of nitrogens with one attached hydrogen (secondary N) is 2. The van der Waals surface area contributed by atoms with Crippen LogP contribution in [0.2, 0.25) is 5.02 Å². The first-order chi connectivity index (χ1) is 15.5. The monoisotopic (exact) mass is 470 g/mol. The van der Waals surface area contributed by atoms with Crippen LogP contribution in [0.15, 0.2) is 67.1 Å². The minimum atomic E-state index is -0.370. The van der Waals surface area contributed by atoms with Crippen molar-refractivity contribution in [3.05, 3.63) is 89.1 Å². The second-order valence-corrected chi connectivity index (χ2v) is 7.77. The molecule has 0 spiro atoms. The number of anilines is 2. The highest BCUT2D eigenvalue weighted by atomic mass is 35.5. The van der Waals surface area contributed by atoms with Crippen molar-refractivity contribution in [2.75, 3.05) is 17.7 Å². The summed E-state index contributed by atoms with van der Waals surface area (Å²) in [4.78, 5) is 0. The lowest BCUT2D eigenvalue weighted by molar-refractivity contribution is 0.414. The van der Waals surface area contributed by atoms with Crippen molar-refractivity contribution in [2.24, 2.45) is 0 Å². The van der Waals surface area contributed by atoms with Crippen molar-refractivity contribution in [1.29, 1.82) is 0 Å². The fourth-order valence-electron chi connectivity index (χ4n) is 3.11. The number of hydrogen-bond donors (Lipinski definition) is 2. The van der Waals surface area contributed by atoms with Gasteiger partial charge in [0.25, 0.3) is 0 Å². The molecular weight excluding hydrogens is 451 g/mol. The number of thiocarbonyl (C=S) groups is 1. The van der Waals surface area contributed by atoms with Gasteiger partial charge in [0, 0.05) is 29.0 Å². The fraction of sp³-hybridized carbons (Fsp3) is 0.136. The number of benzene rings is 2. The van der Waals surface area contributed by atoms with Gasteiger partial charge in [0.1, 0.15) is 11.6 Å². The molecule has 2 aromatic carbocycles. The van der Waals surface area contributed by atoms with E-state index >= 15 is 0 Å². The van der Waals surface area contributed by atoms with E-state index in [0.29, 0.717) is 28.1 Å². The Labute approximate surface area is 194 Å². The molecule has 7 nitrogen and oxygen atoms in total. The average molecular weight is 471 g/mol. The van der Waals surface area contributed by atoms with Gasteiger partial charge in [0.2, 0.25) is 0 Å². The topological polar surface area (TPSA) is 68.9 Å². The molecular formula is C22H20ClFN6OS. The first-order valence-corrected chi connectivity index (χ1v) is 10.5. The molecule has 0 aliphatic rings. The van der Waals surface area contributed by atoms with E-state index < -0.39 is 0 Å². The van der Waals surface area contributed by atoms with Crippen molar-refractivity contribution in [2.45, 2.75) is 13.1 Å². The van der Waals surface area contributed by atoms with Crippen LogP contribution in [-0.2, 0) is 13.1 Å². The average Bonchev–Trinajstić information content (AvgIpc) is 3.40. The molecule has 32 heavy (non-hydrogen) atoms. The summed E-state index contributed by atoms with van der Waals surface area (Å²) in [6.07, 6.45) is 5.26. The first kappa shape index (κ1) is 21.8. The molecule has 0 saturated carbocycles. The zero-order valence-corrected chi connectivity index (χ0v) is 18.7. The van der Waals surface area contributed by atoms with Crippen LogP contribution in [0.5, 0.6) is 5.75 Å². The second-order valence-electron chi connectivity index (χ2n) is 6.96. The Morgan fingerprint density at radius 1 is 1.12 bits per heavy atom. The normalized spacial score (nSPS) is 10.7. The van der Waals surface area contributed by atoms with Crippen LogP contribution in [0.25, 0.3) is 0 Å². The summed E-state index contributed by atoms with van der Waals surface area (Å²) in [6, 6.07) is 14.1. The third-order valence-electron chi connectivity index (χ3n) is 4.63. The summed E-state index contributed by atoms with van der Waals surface area (Å²) in [6.45, 7) is 0.812. The van der Waals surface area contributed by atoms with E-state index in [1.807, 2.05) is 30.5 Å². The van der Waals surface area contributed by atoms with Crippen molar-refractivity contribution in [3.63, 3.8) is 0 Å². The maximum Gasteiger partial charge on any atom is 0.176 e. The Balaban J connectivity index is 1.33. The lowest BCUT2D eigenvalue weighted by Crippen LogP contribution is -2.19. The quantitative estimate of drug-likeness (QED) is 0.379. The van der Waals surface area contributed by atoms with E-state index in [0.717, 1.165) is 17.0 Å². The minimum Gasteiger partial charge on any atom is -0.497 e. The van der Waals surface area contributed by atoms with Gasteiger partial charge in [-0.05, 0) is 42.0 Å². The van der Waals surface area contributed by atoms with Gasteiger partial charge in [-0.25, -0.2) is 4.39 Å². The van der Waals surface area contributed by atoms with Crippen LogP contribution in [0, 0.1) is 5.82 Å². The summed E-state index contributed by atoms with van der Waals surface area (Å²) in [5.41, 5.74) is 2.19. The predicted molar refractivity (Wildman–Crippen MR) is 127 cm³/mol. The van der Waals surface area contributed by atoms with Crippen LogP contribution < -0.4 is 15.4 Å². The fourth-order valence-corrected chi connectivity index (χ4v) is 3.56. The molecule has 0 aliphatic carbocycles. The van der Waals surface area contributed by atoms with Crippen molar-refractivity contribution in [1.82, 2.24) is 19.6 Å².